The fourth-order valence-electron chi connectivity index (χ4n) is 8.43. The van der Waals surface area contributed by atoms with Gasteiger partial charge in [-0.05, 0) is 102 Å². The molecule has 268 valence electrons. The molecule has 54 heavy (non-hydrogen) atoms. The number of pyridine rings is 2. The number of aromatic nitrogens is 3. The Labute approximate surface area is 318 Å². The van der Waals surface area contributed by atoms with Crippen LogP contribution < -0.4 is 14.7 Å². The van der Waals surface area contributed by atoms with Crippen molar-refractivity contribution in [3.8, 4) is 11.3 Å². The van der Waals surface area contributed by atoms with Crippen molar-refractivity contribution in [3.63, 3.8) is 0 Å². The van der Waals surface area contributed by atoms with Crippen LogP contribution in [0.5, 0.6) is 0 Å². The van der Waals surface area contributed by atoms with Crippen molar-refractivity contribution in [1.29, 1.82) is 0 Å². The van der Waals surface area contributed by atoms with Crippen molar-refractivity contribution in [2.24, 2.45) is 11.8 Å². The largest absolute Gasteiger partial charge is 0.354 e. The van der Waals surface area contributed by atoms with Gasteiger partial charge in [0.2, 0.25) is 0 Å². The molecule has 0 saturated carbocycles. The standard InChI is InChI=1S/C48H46N6/c1-32(2)26-34-14-11-15-35(27-33(3)4)46(34)45-30-50-47-42-29-39(23-24-40(42)41-20-9-10-21-43(41)54(45)47)53(36-16-7-6-8-17-36)38-19-12-18-37(28-38)52-31-51(5)44-22-13-25-49-48(44)52/h6-25,28-30,32-33H,26-27,31H2,1-5H3. The molecule has 0 saturated heterocycles. The van der Waals surface area contributed by atoms with E-state index in [-0.39, 0.29) is 0 Å². The smallest absolute Gasteiger partial charge is 0.158 e. The van der Waals surface area contributed by atoms with Crippen molar-refractivity contribution < 1.29 is 0 Å². The Morgan fingerprint density at radius 2 is 1.33 bits per heavy atom. The van der Waals surface area contributed by atoms with Crippen LogP contribution in [0.15, 0.2) is 140 Å². The van der Waals surface area contributed by atoms with Gasteiger partial charge in [-0.25, -0.2) is 9.97 Å². The van der Waals surface area contributed by atoms with Crippen LogP contribution in [0.25, 0.3) is 38.6 Å². The van der Waals surface area contributed by atoms with Crippen LogP contribution in [0, 0.1) is 11.8 Å². The van der Waals surface area contributed by atoms with Crippen molar-refractivity contribution >= 4 is 61.6 Å². The maximum atomic E-state index is 5.28. The van der Waals surface area contributed by atoms with E-state index >= 15 is 0 Å². The van der Waals surface area contributed by atoms with Gasteiger partial charge < -0.3 is 14.7 Å². The molecule has 6 nitrogen and oxygen atoms in total. The zero-order valence-electron chi connectivity index (χ0n) is 31.7. The Morgan fingerprint density at radius 3 is 2.11 bits per heavy atom. The molecule has 0 bridgehead atoms. The Bertz CT molecular complexity index is 2610. The van der Waals surface area contributed by atoms with E-state index in [1.807, 2.05) is 12.3 Å². The molecule has 0 radical (unpaired) electrons. The summed E-state index contributed by atoms with van der Waals surface area (Å²) in [5, 5.41) is 3.54. The summed E-state index contributed by atoms with van der Waals surface area (Å²) in [6.07, 6.45) is 6.03. The summed E-state index contributed by atoms with van der Waals surface area (Å²) in [6, 6.07) is 46.2. The molecule has 6 heteroatoms. The normalized spacial score (nSPS) is 12.9. The van der Waals surface area contributed by atoms with Crippen LogP contribution in [0.1, 0.15) is 38.8 Å². The van der Waals surface area contributed by atoms with E-state index in [0.717, 1.165) is 70.5 Å². The molecule has 0 atom stereocenters. The second-order valence-electron chi connectivity index (χ2n) is 15.5. The number of hydrogen-bond acceptors (Lipinski definition) is 5. The molecular weight excluding hydrogens is 661 g/mol. The lowest BCUT2D eigenvalue weighted by Gasteiger charge is -2.27. The van der Waals surface area contributed by atoms with E-state index in [2.05, 4.69) is 181 Å². The average molecular weight is 707 g/mol. The van der Waals surface area contributed by atoms with Crippen LogP contribution in [-0.2, 0) is 12.8 Å². The first-order chi connectivity index (χ1) is 26.4. The monoisotopic (exact) mass is 706 g/mol. The Balaban J connectivity index is 1.26. The number of imidazole rings is 1. The van der Waals surface area contributed by atoms with Gasteiger partial charge in [0.05, 0.1) is 29.8 Å². The lowest BCUT2D eigenvalue weighted by atomic mass is 9.89. The minimum atomic E-state index is 0.539. The number of para-hydroxylation sites is 2. The molecule has 4 heterocycles. The highest BCUT2D eigenvalue weighted by molar-refractivity contribution is 6.13. The average Bonchev–Trinajstić information content (AvgIpc) is 3.77. The van der Waals surface area contributed by atoms with Gasteiger partial charge in [-0.15, -0.1) is 0 Å². The molecule has 0 aliphatic carbocycles. The number of anilines is 6. The van der Waals surface area contributed by atoms with Gasteiger partial charge in [0.15, 0.2) is 5.82 Å². The lowest BCUT2D eigenvalue weighted by Crippen LogP contribution is -2.24. The predicted octanol–water partition coefficient (Wildman–Crippen LogP) is 12.1. The minimum absolute atomic E-state index is 0.539. The van der Waals surface area contributed by atoms with Crippen LogP contribution >= 0.6 is 0 Å². The Kier molecular flexibility index (Phi) is 8.54. The molecule has 0 N–H and O–H groups in total. The van der Waals surface area contributed by atoms with E-state index in [9.17, 15) is 0 Å². The van der Waals surface area contributed by atoms with Crippen LogP contribution in [0.3, 0.4) is 0 Å². The van der Waals surface area contributed by atoms with Crippen LogP contribution in [0.2, 0.25) is 0 Å². The number of fused-ring (bicyclic) bond motifs is 7. The van der Waals surface area contributed by atoms with Gasteiger partial charge in [-0.3, -0.25) is 4.40 Å². The Morgan fingerprint density at radius 1 is 0.630 bits per heavy atom. The highest BCUT2D eigenvalue weighted by Crippen LogP contribution is 2.43. The van der Waals surface area contributed by atoms with Crippen LogP contribution in [0.4, 0.5) is 34.3 Å². The zero-order chi connectivity index (χ0) is 36.9. The molecule has 0 unspecified atom stereocenters. The summed E-state index contributed by atoms with van der Waals surface area (Å²) < 4.78 is 2.42. The quantitative estimate of drug-likeness (QED) is 0.140. The third kappa shape index (κ3) is 5.83. The van der Waals surface area contributed by atoms with E-state index in [1.54, 1.807) is 0 Å². The summed E-state index contributed by atoms with van der Waals surface area (Å²) in [7, 11) is 2.12. The number of rotatable bonds is 9. The second kappa shape index (κ2) is 13.7. The first-order valence-corrected chi connectivity index (χ1v) is 19.2. The van der Waals surface area contributed by atoms with Crippen molar-refractivity contribution in [1.82, 2.24) is 14.4 Å². The van der Waals surface area contributed by atoms with Crippen molar-refractivity contribution in [2.75, 3.05) is 28.4 Å². The molecule has 0 fully saturated rings. The van der Waals surface area contributed by atoms with Crippen molar-refractivity contribution in [2.45, 2.75) is 40.5 Å². The summed E-state index contributed by atoms with van der Waals surface area (Å²) in [5.41, 5.74) is 12.9. The maximum absolute atomic E-state index is 5.28. The minimum Gasteiger partial charge on any atom is -0.354 e. The lowest BCUT2D eigenvalue weighted by molar-refractivity contribution is 0.637. The summed E-state index contributed by atoms with van der Waals surface area (Å²) in [4.78, 5) is 16.9. The van der Waals surface area contributed by atoms with Crippen LogP contribution in [-0.4, -0.2) is 28.1 Å². The fraction of sp³-hybridized carbons (Fsp3) is 0.208. The second-order valence-corrected chi connectivity index (χ2v) is 15.5. The first kappa shape index (κ1) is 33.7. The van der Waals surface area contributed by atoms with Gasteiger partial charge >= 0.3 is 0 Å². The van der Waals surface area contributed by atoms with E-state index in [1.165, 1.54) is 33.0 Å². The molecule has 3 aromatic heterocycles. The summed E-state index contributed by atoms with van der Waals surface area (Å²) in [5.74, 6) is 2.06. The van der Waals surface area contributed by atoms with E-state index < -0.39 is 0 Å². The van der Waals surface area contributed by atoms with Gasteiger partial charge in [-0.1, -0.05) is 94.4 Å². The number of benzene rings is 5. The number of nitrogens with zero attached hydrogens (tertiary/aromatic N) is 6. The molecule has 8 aromatic rings. The van der Waals surface area contributed by atoms with Crippen molar-refractivity contribution in [3.05, 3.63) is 151 Å². The fourth-order valence-corrected chi connectivity index (χ4v) is 8.43. The molecule has 9 rings (SSSR count). The molecule has 5 aromatic carbocycles. The molecule has 1 aliphatic heterocycles. The van der Waals surface area contributed by atoms with Gasteiger partial charge in [0.25, 0.3) is 0 Å². The van der Waals surface area contributed by atoms with Gasteiger partial charge in [0, 0.05) is 52.3 Å². The maximum Gasteiger partial charge on any atom is 0.158 e. The molecule has 1 aliphatic rings. The molecular formula is C48H46N6. The van der Waals surface area contributed by atoms with E-state index in [4.69, 9.17) is 9.97 Å². The molecule has 0 amide bonds. The highest BCUT2D eigenvalue weighted by atomic mass is 15.4. The third-order valence-corrected chi connectivity index (χ3v) is 10.6. The SMILES string of the molecule is CC(C)Cc1cccc(CC(C)C)c1-c1cnc2c3cc(N(c4ccccc4)c4cccc(N5CN(C)c6cccnc65)c4)ccc3c3ccccc3n12. The molecule has 0 spiro atoms. The zero-order valence-corrected chi connectivity index (χ0v) is 31.7. The Hall–Kier alpha value is -6.14. The first-order valence-electron chi connectivity index (χ1n) is 19.2. The van der Waals surface area contributed by atoms with E-state index in [0.29, 0.717) is 11.8 Å². The number of hydrogen-bond donors (Lipinski definition) is 0. The van der Waals surface area contributed by atoms with Gasteiger partial charge in [-0.2, -0.15) is 0 Å². The van der Waals surface area contributed by atoms with Gasteiger partial charge in [0.1, 0.15) is 5.65 Å². The topological polar surface area (TPSA) is 39.9 Å². The highest BCUT2D eigenvalue weighted by Gasteiger charge is 2.27. The third-order valence-electron chi connectivity index (χ3n) is 10.6. The summed E-state index contributed by atoms with van der Waals surface area (Å²) in [6.45, 7) is 9.98. The summed E-state index contributed by atoms with van der Waals surface area (Å²) >= 11 is 0. The predicted molar refractivity (Wildman–Crippen MR) is 227 cm³/mol.